The van der Waals surface area contributed by atoms with Gasteiger partial charge in [-0.05, 0) is 138 Å². The molecule has 88 heavy (non-hydrogen) atoms. The Hall–Kier alpha value is -7.43. The molecule has 0 aliphatic carbocycles. The summed E-state index contributed by atoms with van der Waals surface area (Å²) in [5.41, 5.74) is 4.62. The van der Waals surface area contributed by atoms with Gasteiger partial charge < -0.3 is 37.9 Å². The first kappa shape index (κ1) is 68.1. The number of ether oxygens (including phenoxy) is 5. The number of hydrogen-bond donors (Lipinski definition) is 1. The van der Waals surface area contributed by atoms with E-state index in [9.17, 15) is 39.9 Å². The van der Waals surface area contributed by atoms with Crippen molar-refractivity contribution < 1.29 is 72.9 Å². The number of nitrogens with one attached hydrogen (secondary N) is 1. The Bertz CT molecular complexity index is 3770. The molecule has 0 unspecified atom stereocenters. The van der Waals surface area contributed by atoms with Gasteiger partial charge in [-0.2, -0.15) is 45.3 Å². The largest absolute Gasteiger partial charge is 0.498 e. The van der Waals surface area contributed by atoms with Crippen molar-refractivity contribution in [2.24, 2.45) is 0 Å². The maximum absolute atomic E-state index is 12.8. The normalized spacial score (nSPS) is 13.4. The van der Waals surface area contributed by atoms with Crippen molar-refractivity contribution in [2.75, 3.05) is 20.7 Å². The van der Waals surface area contributed by atoms with Crippen LogP contribution in [0, 0.1) is 0 Å². The van der Waals surface area contributed by atoms with Crippen molar-refractivity contribution in [2.45, 2.75) is 97.8 Å². The van der Waals surface area contributed by atoms with Crippen molar-refractivity contribution in [3.63, 3.8) is 0 Å². The van der Waals surface area contributed by atoms with Crippen molar-refractivity contribution >= 4 is 80.5 Å². The number of benzene rings is 5. The van der Waals surface area contributed by atoms with Crippen LogP contribution >= 0.6 is 31.9 Å². The van der Waals surface area contributed by atoms with Gasteiger partial charge in [0.15, 0.2) is 11.3 Å². The number of aromatic amines is 1. The van der Waals surface area contributed by atoms with E-state index >= 15 is 0 Å². The summed E-state index contributed by atoms with van der Waals surface area (Å²) in [7, 11) is 1.49. The number of pyridine rings is 2. The number of rotatable bonds is 18. The van der Waals surface area contributed by atoms with Crippen LogP contribution in [0.5, 0.6) is 23.0 Å². The second-order valence-corrected chi connectivity index (χ2v) is 29.1. The topological polar surface area (TPSA) is 157 Å². The average Bonchev–Trinajstić information content (AvgIpc) is 3.38. The molecule has 27 heteroatoms. The Morgan fingerprint density at radius 3 is 1.80 bits per heavy atom. The molecule has 0 spiro atoms. The van der Waals surface area contributed by atoms with E-state index in [4.69, 9.17) is 14.0 Å². The molecular weight excluding hydrogens is 1310 g/mol. The van der Waals surface area contributed by atoms with Crippen LogP contribution < -0.4 is 24.4 Å². The van der Waals surface area contributed by atoms with E-state index < -0.39 is 52.8 Å². The first-order valence-corrected chi connectivity index (χ1v) is 32.3. The predicted molar refractivity (Wildman–Crippen MR) is 330 cm³/mol. The number of fused-ring (bicyclic) bond motifs is 2. The minimum atomic E-state index is -2.94. The number of para-hydroxylation sites is 4. The first-order chi connectivity index (χ1) is 41.6. The van der Waals surface area contributed by atoms with Crippen LogP contribution in [0.4, 0.5) is 35.1 Å². The van der Waals surface area contributed by atoms with Gasteiger partial charge in [0.1, 0.15) is 35.4 Å². The number of aromatic nitrogens is 6. The van der Waals surface area contributed by atoms with Crippen molar-refractivity contribution in [3.8, 4) is 56.6 Å². The van der Waals surface area contributed by atoms with Crippen molar-refractivity contribution in [1.82, 2.24) is 34.8 Å². The molecule has 10 rings (SSSR count). The fourth-order valence-electron chi connectivity index (χ4n) is 8.42. The highest BCUT2D eigenvalue weighted by molar-refractivity contribution is 9.10. The zero-order valence-electron chi connectivity index (χ0n) is 49.1. The summed E-state index contributed by atoms with van der Waals surface area (Å²) in [6, 6.07) is 38.1. The fraction of sp³-hybridized carbons (Fsp3) is 0.295. The molecule has 1 aliphatic heterocycles. The van der Waals surface area contributed by atoms with E-state index in [0.717, 1.165) is 27.0 Å². The number of amides is 1. The number of carbonyl (C=O) groups is 1. The molecular formula is C61H62BBr2F8N7O8Si. The highest BCUT2D eigenvalue weighted by atomic mass is 79.9. The third kappa shape index (κ3) is 18.3. The predicted octanol–water partition coefficient (Wildman–Crippen LogP) is 16.0. The van der Waals surface area contributed by atoms with Crippen LogP contribution in [0.15, 0.2) is 155 Å². The Labute approximate surface area is 521 Å². The second-order valence-electron chi connectivity index (χ2n) is 21.8. The molecule has 5 aromatic carbocycles. The van der Waals surface area contributed by atoms with Crippen molar-refractivity contribution in [3.05, 3.63) is 160 Å². The summed E-state index contributed by atoms with van der Waals surface area (Å²) in [4.78, 5) is 22.6. The van der Waals surface area contributed by atoms with Crippen molar-refractivity contribution in [1.29, 1.82) is 0 Å². The Kier molecular flexibility index (Phi) is 23.3. The molecule has 4 aromatic heterocycles. The number of carbonyl (C=O) groups excluding carboxylic acids is 1. The van der Waals surface area contributed by atoms with Gasteiger partial charge in [-0.25, -0.2) is 14.6 Å². The standard InChI is InChI=1S/C22H18F2N4O2.C19H22BrF2N3O2Si.C13H17BF2O3.C7H5BrF2O/c1-28(2)21(29)14-7-5-6-13(10-14)15-11-17-19(26-27-20(17)25-12-15)16-8-3-4-9-18(16)30-22(23)24;1-28(2,3)9-8-26-12-25-18-15(10-13(20)11-23-18)17(24-25)14-6-4-5-7-16(14)27-19(21)22;1-12(2)13(3,4)19-14(18-12)9-7-5-6-8-10(9)17-11(15)16;8-5-3-1-2-4-6(5)11-7(9)10/h3-12,22H,1-2H3,(H,25,26,27);4-7,10-11,19H,8-9,12H2,1-3H3;5-8,11H,1-4H3;1-4,7H. The van der Waals surface area contributed by atoms with Crippen LogP contribution in [0.1, 0.15) is 38.1 Å². The van der Waals surface area contributed by atoms with Gasteiger partial charge in [0.2, 0.25) is 0 Å². The van der Waals surface area contributed by atoms with E-state index in [2.05, 4.69) is 95.7 Å². The van der Waals surface area contributed by atoms with Gasteiger partial charge >= 0.3 is 33.6 Å². The smallest absolute Gasteiger partial charge is 0.435 e. The summed E-state index contributed by atoms with van der Waals surface area (Å²) < 4.78 is 138. The molecule has 0 atom stereocenters. The second kappa shape index (κ2) is 30.2. The maximum Gasteiger partial charge on any atom is 0.498 e. The minimum Gasteiger partial charge on any atom is -0.435 e. The Morgan fingerprint density at radius 1 is 0.648 bits per heavy atom. The van der Waals surface area contributed by atoms with Gasteiger partial charge in [0, 0.05) is 84.1 Å². The highest BCUT2D eigenvalue weighted by Crippen LogP contribution is 2.39. The number of halogens is 10. The zero-order valence-corrected chi connectivity index (χ0v) is 53.3. The van der Waals surface area contributed by atoms with Gasteiger partial charge in [-0.3, -0.25) is 9.89 Å². The molecule has 0 bridgehead atoms. The zero-order chi connectivity index (χ0) is 64.1. The number of nitrogens with zero attached hydrogens (tertiary/aromatic N) is 6. The molecule has 9 aromatic rings. The van der Waals surface area contributed by atoms with Crippen LogP contribution in [0.3, 0.4) is 0 Å². The summed E-state index contributed by atoms with van der Waals surface area (Å²) in [5, 5.41) is 13.0. The third-order valence-electron chi connectivity index (χ3n) is 13.4. The molecule has 0 saturated carbocycles. The Morgan fingerprint density at radius 2 is 1.19 bits per heavy atom. The van der Waals surface area contributed by atoms with Gasteiger partial charge in [-0.1, -0.05) is 86.4 Å². The fourth-order valence-corrected chi connectivity index (χ4v) is 9.89. The molecule has 5 heterocycles. The van der Waals surface area contributed by atoms with Gasteiger partial charge in [0.25, 0.3) is 5.91 Å². The summed E-state index contributed by atoms with van der Waals surface area (Å²) >= 11 is 6.48. The molecule has 466 valence electrons. The van der Waals surface area contributed by atoms with Crippen LogP contribution in [-0.2, 0) is 20.8 Å². The van der Waals surface area contributed by atoms with E-state index in [1.165, 1.54) is 29.2 Å². The molecule has 1 aliphatic rings. The quantitative estimate of drug-likeness (QED) is 0.0493. The van der Waals surface area contributed by atoms with E-state index in [-0.39, 0.29) is 35.6 Å². The Balaban J connectivity index is 0.000000176. The number of hydrogen-bond acceptors (Lipinski definition) is 12. The first-order valence-electron chi connectivity index (χ1n) is 27.0. The lowest BCUT2D eigenvalue weighted by molar-refractivity contribution is -0.0508. The summed E-state index contributed by atoms with van der Waals surface area (Å²) in [6.07, 6.45) is 3.34. The highest BCUT2D eigenvalue weighted by Gasteiger charge is 2.52. The van der Waals surface area contributed by atoms with Crippen LogP contribution in [0.2, 0.25) is 25.7 Å². The van der Waals surface area contributed by atoms with Crippen LogP contribution in [-0.4, -0.2) is 114 Å². The number of alkyl halides is 8. The van der Waals surface area contributed by atoms with E-state index in [1.54, 1.807) is 122 Å². The maximum atomic E-state index is 12.8. The molecule has 15 nitrogen and oxygen atoms in total. The van der Waals surface area contributed by atoms with Gasteiger partial charge in [0.05, 0.1) is 21.4 Å². The lowest BCUT2D eigenvalue weighted by Gasteiger charge is -2.32. The minimum absolute atomic E-state index is 0.0435. The molecule has 1 fully saturated rings. The molecule has 1 amide bonds. The lowest BCUT2D eigenvalue weighted by atomic mass is 9.78. The monoisotopic (exact) mass is 1370 g/mol. The summed E-state index contributed by atoms with van der Waals surface area (Å²) in [6.45, 7) is 3.89. The van der Waals surface area contributed by atoms with E-state index in [1.807, 2.05) is 45.9 Å². The van der Waals surface area contributed by atoms with E-state index in [0.29, 0.717) is 61.3 Å². The van der Waals surface area contributed by atoms with Crippen LogP contribution in [0.25, 0.3) is 55.7 Å². The molecule has 1 saturated heterocycles. The van der Waals surface area contributed by atoms with Gasteiger partial charge in [-0.15, -0.1) is 0 Å². The molecule has 0 radical (unpaired) electrons. The average molecular weight is 1370 g/mol. The molecule has 1 N–H and O–H groups in total. The number of H-pyrrole nitrogens is 1. The SMILES string of the molecule is CC1(C)OB(c2ccccc2OC(F)F)OC1(C)C.CN(C)C(=O)c1cccc(-c2cnc3n[nH]c(-c4ccccc4OC(F)F)c3c2)c1.C[Si](C)(C)CCOCn1nc(-c2ccccc2OC(F)F)c2cc(Br)cnc21.FC(F)Oc1ccccc1Br. The lowest BCUT2D eigenvalue weighted by Crippen LogP contribution is -2.41. The summed E-state index contributed by atoms with van der Waals surface area (Å²) in [5.74, 6) is 0.247. The third-order valence-corrected chi connectivity index (χ3v) is 16.2.